The summed E-state index contributed by atoms with van der Waals surface area (Å²) in [5.41, 5.74) is -3.30. The number of anilines is 1. The molecule has 1 aromatic heterocycles. The molecule has 4 rings (SSSR count). The fraction of sp³-hybridized carbons (Fsp3) is 0.462. The van der Waals surface area contributed by atoms with Gasteiger partial charge in [-0.05, 0) is 43.3 Å². The number of hydrogen-bond donors (Lipinski definition) is 2. The number of aliphatic hydroxyl groups is 1. The summed E-state index contributed by atoms with van der Waals surface area (Å²) in [6.45, 7) is 0.799. The van der Waals surface area contributed by atoms with Gasteiger partial charge in [0.1, 0.15) is 17.0 Å². The van der Waals surface area contributed by atoms with Crippen LogP contribution >= 0.6 is 19.5 Å². The quantitative estimate of drug-likeness (QED) is 0.223. The molecule has 1 saturated carbocycles. The van der Waals surface area contributed by atoms with Crippen LogP contribution in [0.3, 0.4) is 0 Å². The van der Waals surface area contributed by atoms with Crippen LogP contribution in [0.5, 0.6) is 0 Å². The Balaban J connectivity index is 1.92. The minimum atomic E-state index is -10.8. The molecule has 4 unspecified atom stereocenters. The number of amides is 2. The van der Waals surface area contributed by atoms with Crippen molar-refractivity contribution in [2.24, 2.45) is 0 Å². The van der Waals surface area contributed by atoms with Crippen molar-refractivity contribution in [2.75, 3.05) is 11.4 Å². The van der Waals surface area contributed by atoms with Crippen LogP contribution in [0.25, 0.3) is 0 Å². The smallest absolute Gasteiger partial charge is 0.313 e. The van der Waals surface area contributed by atoms with Gasteiger partial charge < -0.3 is 10.4 Å². The Hall–Kier alpha value is -3.29. The number of rotatable bonds is 7. The summed E-state index contributed by atoms with van der Waals surface area (Å²) in [4.78, 5) is 29.6. The van der Waals surface area contributed by atoms with Crippen LogP contribution in [0.4, 0.5) is 42.7 Å². The second-order valence-corrected chi connectivity index (χ2v) is 14.5. The topological polar surface area (TPSA) is 110 Å². The average molecular weight is 692 g/mol. The van der Waals surface area contributed by atoms with Crippen LogP contribution in [0.1, 0.15) is 50.6 Å². The molecule has 1 aromatic carbocycles. The van der Waals surface area contributed by atoms with Crippen molar-refractivity contribution < 1.29 is 51.7 Å². The van der Waals surface area contributed by atoms with Gasteiger partial charge in [-0.2, -0.15) is 5.26 Å². The predicted molar refractivity (Wildman–Crippen MR) is 148 cm³/mol. The summed E-state index contributed by atoms with van der Waals surface area (Å²) in [5.74, 6) is -11.2. The molecular weight excluding hydrogens is 664 g/mol. The molecule has 248 valence electrons. The number of alkyl halides is 2. The Morgan fingerprint density at radius 2 is 1.78 bits per heavy atom. The first-order valence-corrected chi connectivity index (χ1v) is 15.8. The van der Waals surface area contributed by atoms with Crippen LogP contribution in [-0.2, 0) is 9.59 Å². The molecule has 2 amide bonds. The lowest BCUT2D eigenvalue weighted by molar-refractivity contribution is -0.129. The number of benzene rings is 1. The van der Waals surface area contributed by atoms with Gasteiger partial charge in [0, 0.05) is 43.3 Å². The number of carbonyl (C=O) groups excluding carboxylic acids is 2. The molecule has 2 aromatic rings. The molecule has 0 radical (unpaired) electrons. The Labute approximate surface area is 253 Å². The Morgan fingerprint density at radius 3 is 2.33 bits per heavy atom. The summed E-state index contributed by atoms with van der Waals surface area (Å²) in [6.07, 6.45) is 1.73. The molecular formula is C26H27F9N5O3PS. The first-order valence-electron chi connectivity index (χ1n) is 13.3. The van der Waals surface area contributed by atoms with E-state index in [1.54, 1.807) is 6.19 Å². The van der Waals surface area contributed by atoms with Crippen molar-refractivity contribution >= 4 is 42.3 Å². The highest BCUT2D eigenvalue weighted by Gasteiger charge is 2.67. The van der Waals surface area contributed by atoms with Crippen LogP contribution in [-0.4, -0.2) is 57.0 Å². The Morgan fingerprint density at radius 1 is 1.16 bits per heavy atom. The molecule has 19 heteroatoms. The van der Waals surface area contributed by atoms with Gasteiger partial charge >= 0.3 is 10.2 Å². The number of halogens is 9. The first-order chi connectivity index (χ1) is 20.4. The van der Waals surface area contributed by atoms with Gasteiger partial charge in [0.25, 0.3) is 5.91 Å². The lowest BCUT2D eigenvalue weighted by atomic mass is 9.91. The van der Waals surface area contributed by atoms with Gasteiger partial charge in [0.15, 0.2) is 17.8 Å². The fourth-order valence-corrected chi connectivity index (χ4v) is 6.49. The van der Waals surface area contributed by atoms with E-state index < -0.39 is 106 Å². The van der Waals surface area contributed by atoms with Crippen LogP contribution in [0, 0.1) is 23.1 Å². The minimum Gasteiger partial charge on any atom is -0.388 e. The molecule has 1 aliphatic carbocycles. The molecule has 2 aliphatic rings. The molecule has 2 heterocycles. The van der Waals surface area contributed by atoms with E-state index >= 15 is 4.39 Å². The molecule has 1 saturated heterocycles. The van der Waals surface area contributed by atoms with E-state index in [-0.39, 0.29) is 34.7 Å². The Kier molecular flexibility index (Phi) is 8.38. The standard InChI is InChI=1S/C26H27F9N5O3PS/c1-25(43)9-18(39(12-25)13-36)24(42)40(17-2-3-19(21(28)20(17)27)45(31,32,33,34)35)22(14-8-16(44)11-37-10-14)23(41)38-15-4-6-26(29,30)7-5-15/h2-3,8,10-11,15,18,22,43H,4-7,9,12,44H2,1H3,(H,38,41). The van der Waals surface area contributed by atoms with E-state index in [1.807, 2.05) is 0 Å². The van der Waals surface area contributed by atoms with Crippen LogP contribution in [0.15, 0.2) is 35.5 Å². The summed E-state index contributed by atoms with van der Waals surface area (Å²) in [5, 5.41) is 22.9. The SMILES string of the molecule is CC1(O)CC(C(=O)N(c2ccc(S(F)(F)(F)(F)F)c(F)c2F)C(C(=O)NC2CCC(F)(F)CC2)c2cncc(P)c2)N(C#N)C1. The summed E-state index contributed by atoms with van der Waals surface area (Å²) < 4.78 is 126. The van der Waals surface area contributed by atoms with Crippen molar-refractivity contribution in [3.05, 3.63) is 47.8 Å². The highest BCUT2D eigenvalue weighted by Crippen LogP contribution is 3.02. The van der Waals surface area contributed by atoms with Crippen LogP contribution in [0.2, 0.25) is 0 Å². The molecule has 0 spiro atoms. The maximum atomic E-state index is 15.6. The third-order valence-electron chi connectivity index (χ3n) is 7.54. The van der Waals surface area contributed by atoms with Gasteiger partial charge in [-0.25, -0.2) is 17.6 Å². The van der Waals surface area contributed by atoms with Crippen molar-refractivity contribution in [2.45, 2.75) is 73.6 Å². The summed E-state index contributed by atoms with van der Waals surface area (Å²) in [6, 6.07) is -3.86. The van der Waals surface area contributed by atoms with Gasteiger partial charge in [-0.3, -0.25) is 24.4 Å². The number of carbonyl (C=O) groups is 2. The number of β-amino-alcohol motifs (C(OH)–C–C–N with tert-alkyl or cyclic N) is 1. The van der Waals surface area contributed by atoms with Crippen molar-refractivity contribution in [3.8, 4) is 6.19 Å². The van der Waals surface area contributed by atoms with Crippen molar-refractivity contribution in [3.63, 3.8) is 0 Å². The van der Waals surface area contributed by atoms with E-state index in [9.17, 15) is 52.6 Å². The molecule has 4 atom stereocenters. The van der Waals surface area contributed by atoms with Gasteiger partial charge in [0.2, 0.25) is 11.8 Å². The predicted octanol–water partition coefficient (Wildman–Crippen LogP) is 5.59. The number of pyridine rings is 1. The summed E-state index contributed by atoms with van der Waals surface area (Å²) in [7, 11) is -8.60. The maximum absolute atomic E-state index is 15.6. The highest BCUT2D eigenvalue weighted by molar-refractivity contribution is 8.45. The first kappa shape index (κ1) is 34.6. The lowest BCUT2D eigenvalue weighted by Crippen LogP contribution is -2.52. The van der Waals surface area contributed by atoms with Gasteiger partial charge in [-0.15, -0.1) is 9.24 Å². The van der Waals surface area contributed by atoms with Gasteiger partial charge in [0.05, 0.1) is 17.8 Å². The van der Waals surface area contributed by atoms with Crippen molar-refractivity contribution in [1.29, 1.82) is 5.26 Å². The summed E-state index contributed by atoms with van der Waals surface area (Å²) >= 11 is 0. The van der Waals surface area contributed by atoms with E-state index in [1.165, 1.54) is 19.2 Å². The second-order valence-electron chi connectivity index (χ2n) is 11.4. The third-order valence-corrected chi connectivity index (χ3v) is 9.00. The Bertz CT molecular complexity index is 1560. The third kappa shape index (κ3) is 7.58. The number of nitrogens with one attached hydrogen (secondary N) is 1. The zero-order chi connectivity index (χ0) is 33.8. The fourth-order valence-electron chi connectivity index (χ4n) is 5.45. The van der Waals surface area contributed by atoms with Gasteiger partial charge in [-0.1, -0.05) is 19.4 Å². The monoisotopic (exact) mass is 691 g/mol. The molecule has 45 heavy (non-hydrogen) atoms. The van der Waals surface area contributed by atoms with E-state index in [0.29, 0.717) is 0 Å². The zero-order valence-electron chi connectivity index (χ0n) is 23.3. The largest absolute Gasteiger partial charge is 0.388 e. The van der Waals surface area contributed by atoms with E-state index in [4.69, 9.17) is 0 Å². The molecule has 2 fully saturated rings. The number of nitrogens with zero attached hydrogens (tertiary/aromatic N) is 4. The molecule has 2 N–H and O–H groups in total. The lowest BCUT2D eigenvalue weighted by Gasteiger charge is -2.41. The van der Waals surface area contributed by atoms with Crippen molar-refractivity contribution in [1.82, 2.24) is 15.2 Å². The normalized spacial score (nSPS) is 24.2. The second kappa shape index (κ2) is 10.9. The number of aromatic nitrogens is 1. The van der Waals surface area contributed by atoms with E-state index in [0.717, 1.165) is 11.1 Å². The average Bonchev–Trinajstić information content (AvgIpc) is 3.22. The number of hydrogen-bond acceptors (Lipinski definition) is 6. The molecule has 8 nitrogen and oxygen atoms in total. The number of nitriles is 1. The molecule has 1 aliphatic heterocycles. The van der Waals surface area contributed by atoms with E-state index in [2.05, 4.69) is 19.5 Å². The minimum absolute atomic E-state index is 0.0484. The highest BCUT2D eigenvalue weighted by atomic mass is 32.5. The zero-order valence-corrected chi connectivity index (χ0v) is 25.3. The van der Waals surface area contributed by atoms with Crippen LogP contribution < -0.4 is 15.5 Å². The maximum Gasteiger partial charge on any atom is 0.313 e. The number of likely N-dealkylation sites (tertiary alicyclic amines) is 1. The molecule has 0 bridgehead atoms.